The third-order valence-electron chi connectivity index (χ3n) is 2.17. The Kier molecular flexibility index (Phi) is 2.13. The highest BCUT2D eigenvalue weighted by Crippen LogP contribution is 2.37. The van der Waals surface area contributed by atoms with Crippen molar-refractivity contribution in [1.29, 1.82) is 0 Å². The monoisotopic (exact) mass is 194 g/mol. The fourth-order valence-electron chi connectivity index (χ4n) is 1.53. The molecule has 0 spiro atoms. The van der Waals surface area contributed by atoms with Crippen LogP contribution in [0.25, 0.3) is 0 Å². The van der Waals surface area contributed by atoms with Crippen molar-refractivity contribution >= 4 is 5.97 Å². The molecule has 0 aromatic heterocycles. The first-order chi connectivity index (χ1) is 6.77. The summed E-state index contributed by atoms with van der Waals surface area (Å²) in [6.07, 6.45) is -0.645. The summed E-state index contributed by atoms with van der Waals surface area (Å²) in [6.45, 7) is 0. The molecule has 1 aromatic rings. The molecule has 74 valence electrons. The molecule has 0 aliphatic carbocycles. The zero-order valence-corrected chi connectivity index (χ0v) is 7.94. The zero-order chi connectivity index (χ0) is 10.1. The van der Waals surface area contributed by atoms with E-state index in [0.717, 1.165) is 0 Å². The van der Waals surface area contributed by atoms with Gasteiger partial charge in [0.15, 0.2) is 0 Å². The Balaban J connectivity index is 2.56. The van der Waals surface area contributed by atoms with Gasteiger partial charge in [-0.25, -0.2) is 4.79 Å². The quantitative estimate of drug-likeness (QED) is 0.669. The average Bonchev–Trinajstić information content (AvgIpc) is 2.56. The first kappa shape index (κ1) is 9.02. The van der Waals surface area contributed by atoms with Crippen LogP contribution in [0.1, 0.15) is 22.2 Å². The molecular formula is C10H10O4. The second-order valence-electron chi connectivity index (χ2n) is 2.89. The molecule has 1 atom stereocenters. The van der Waals surface area contributed by atoms with Gasteiger partial charge >= 0.3 is 5.97 Å². The summed E-state index contributed by atoms with van der Waals surface area (Å²) < 4.78 is 15.1. The van der Waals surface area contributed by atoms with Gasteiger partial charge in [0.05, 0.1) is 18.2 Å². The van der Waals surface area contributed by atoms with Gasteiger partial charge in [-0.05, 0) is 12.1 Å². The third kappa shape index (κ3) is 1.15. The van der Waals surface area contributed by atoms with E-state index < -0.39 is 6.29 Å². The predicted molar refractivity (Wildman–Crippen MR) is 48.2 cm³/mol. The summed E-state index contributed by atoms with van der Waals surface area (Å²) in [7, 11) is 3.03. The van der Waals surface area contributed by atoms with Crippen LogP contribution in [0.15, 0.2) is 18.2 Å². The van der Waals surface area contributed by atoms with E-state index in [2.05, 4.69) is 0 Å². The van der Waals surface area contributed by atoms with E-state index in [1.165, 1.54) is 7.11 Å². The van der Waals surface area contributed by atoms with Gasteiger partial charge < -0.3 is 14.2 Å². The minimum absolute atomic E-state index is 0.370. The van der Waals surface area contributed by atoms with Crippen molar-refractivity contribution in [2.24, 2.45) is 0 Å². The number of rotatable bonds is 2. The van der Waals surface area contributed by atoms with E-state index in [-0.39, 0.29) is 5.97 Å². The van der Waals surface area contributed by atoms with Crippen LogP contribution in [-0.4, -0.2) is 20.2 Å². The maximum absolute atomic E-state index is 11.3. The van der Waals surface area contributed by atoms with Crippen LogP contribution >= 0.6 is 0 Å². The molecule has 0 fully saturated rings. The molecule has 1 unspecified atom stereocenters. The topological polar surface area (TPSA) is 44.8 Å². The molecule has 1 aliphatic rings. The fourth-order valence-corrected chi connectivity index (χ4v) is 1.53. The number of carbonyl (C=O) groups is 1. The Morgan fingerprint density at radius 3 is 2.79 bits per heavy atom. The molecule has 0 amide bonds. The van der Waals surface area contributed by atoms with Crippen molar-refractivity contribution < 1.29 is 19.0 Å². The van der Waals surface area contributed by atoms with Crippen molar-refractivity contribution in [1.82, 2.24) is 0 Å². The summed E-state index contributed by atoms with van der Waals surface area (Å²) in [4.78, 5) is 11.3. The minimum atomic E-state index is -0.645. The lowest BCUT2D eigenvalue weighted by Gasteiger charge is -2.10. The van der Waals surface area contributed by atoms with Gasteiger partial charge in [-0.2, -0.15) is 0 Å². The highest BCUT2D eigenvalue weighted by molar-refractivity contribution is 5.94. The first-order valence-electron chi connectivity index (χ1n) is 4.18. The Hall–Kier alpha value is -1.55. The van der Waals surface area contributed by atoms with Crippen LogP contribution in [0.3, 0.4) is 0 Å². The van der Waals surface area contributed by atoms with Gasteiger partial charge in [0, 0.05) is 7.11 Å². The van der Waals surface area contributed by atoms with E-state index in [4.69, 9.17) is 14.2 Å². The standard InChI is InChI=1S/C10H10O4/c1-12-7-5-3-4-6-8(7)10(13-2)14-9(6)11/h3-5,10H,1-2H3. The number of methoxy groups -OCH3 is 2. The van der Waals surface area contributed by atoms with Crippen molar-refractivity contribution in [3.8, 4) is 5.75 Å². The van der Waals surface area contributed by atoms with Gasteiger partial charge in [-0.1, -0.05) is 6.07 Å². The second kappa shape index (κ2) is 3.31. The first-order valence-corrected chi connectivity index (χ1v) is 4.18. The maximum Gasteiger partial charge on any atom is 0.341 e. The number of cyclic esters (lactones) is 1. The molecule has 0 bridgehead atoms. The summed E-state index contributed by atoms with van der Waals surface area (Å²) in [5, 5.41) is 0. The number of ether oxygens (including phenoxy) is 3. The predicted octanol–water partition coefficient (Wildman–Crippen LogP) is 1.51. The Bertz CT molecular complexity index is 372. The number of benzene rings is 1. The van der Waals surface area contributed by atoms with Crippen molar-refractivity contribution in [3.63, 3.8) is 0 Å². The Labute approximate surface area is 81.4 Å². The molecule has 14 heavy (non-hydrogen) atoms. The van der Waals surface area contributed by atoms with E-state index >= 15 is 0 Å². The molecule has 0 N–H and O–H groups in total. The van der Waals surface area contributed by atoms with Gasteiger partial charge in [0.1, 0.15) is 5.75 Å². The van der Waals surface area contributed by atoms with Crippen LogP contribution in [0.4, 0.5) is 0 Å². The summed E-state index contributed by atoms with van der Waals surface area (Å²) >= 11 is 0. The van der Waals surface area contributed by atoms with Gasteiger partial charge in [-0.3, -0.25) is 0 Å². The van der Waals surface area contributed by atoms with Crippen molar-refractivity contribution in [3.05, 3.63) is 29.3 Å². The average molecular weight is 194 g/mol. The molecule has 1 aromatic carbocycles. The molecule has 4 heteroatoms. The maximum atomic E-state index is 11.3. The number of esters is 1. The number of hydrogen-bond acceptors (Lipinski definition) is 4. The molecule has 0 saturated carbocycles. The van der Waals surface area contributed by atoms with Crippen LogP contribution in [0.5, 0.6) is 5.75 Å². The third-order valence-corrected chi connectivity index (χ3v) is 2.17. The van der Waals surface area contributed by atoms with E-state index in [1.54, 1.807) is 25.3 Å². The number of hydrogen-bond donors (Lipinski definition) is 0. The highest BCUT2D eigenvalue weighted by atomic mass is 16.7. The highest BCUT2D eigenvalue weighted by Gasteiger charge is 2.33. The van der Waals surface area contributed by atoms with E-state index in [1.807, 2.05) is 0 Å². The summed E-state index contributed by atoms with van der Waals surface area (Å²) in [5.41, 5.74) is 1.18. The molecule has 1 heterocycles. The molecule has 1 aliphatic heterocycles. The minimum Gasteiger partial charge on any atom is -0.496 e. The molecule has 0 radical (unpaired) electrons. The molecule has 2 rings (SSSR count). The fraction of sp³-hybridized carbons (Fsp3) is 0.300. The van der Waals surface area contributed by atoms with Crippen molar-refractivity contribution in [2.45, 2.75) is 6.29 Å². The number of fused-ring (bicyclic) bond motifs is 1. The van der Waals surface area contributed by atoms with Crippen LogP contribution in [0, 0.1) is 0 Å². The van der Waals surface area contributed by atoms with Crippen molar-refractivity contribution in [2.75, 3.05) is 14.2 Å². The van der Waals surface area contributed by atoms with Crippen LogP contribution in [0.2, 0.25) is 0 Å². The van der Waals surface area contributed by atoms with Gasteiger partial charge in [-0.15, -0.1) is 0 Å². The lowest BCUT2D eigenvalue weighted by atomic mass is 10.1. The SMILES string of the molecule is COc1cccc2c1C(OC)OC2=O. The molecule has 4 nitrogen and oxygen atoms in total. The summed E-state index contributed by atoms with van der Waals surface area (Å²) in [6, 6.07) is 5.21. The van der Waals surface area contributed by atoms with E-state index in [9.17, 15) is 4.79 Å². The molecular weight excluding hydrogens is 184 g/mol. The van der Waals surface area contributed by atoms with Crippen LogP contribution in [-0.2, 0) is 9.47 Å². The summed E-state index contributed by atoms with van der Waals surface area (Å²) in [5.74, 6) is 0.242. The molecule has 0 saturated heterocycles. The van der Waals surface area contributed by atoms with Crippen LogP contribution < -0.4 is 4.74 Å². The lowest BCUT2D eigenvalue weighted by molar-refractivity contribution is -0.0823. The normalized spacial score (nSPS) is 19.0. The largest absolute Gasteiger partial charge is 0.496 e. The Morgan fingerprint density at radius 1 is 1.36 bits per heavy atom. The second-order valence-corrected chi connectivity index (χ2v) is 2.89. The number of carbonyl (C=O) groups excluding carboxylic acids is 1. The smallest absolute Gasteiger partial charge is 0.341 e. The lowest BCUT2D eigenvalue weighted by Crippen LogP contribution is -2.01. The van der Waals surface area contributed by atoms with E-state index in [0.29, 0.717) is 16.9 Å². The van der Waals surface area contributed by atoms with Gasteiger partial charge in [0.2, 0.25) is 6.29 Å². The zero-order valence-electron chi connectivity index (χ0n) is 7.94. The Morgan fingerprint density at radius 2 is 2.14 bits per heavy atom. The van der Waals surface area contributed by atoms with Gasteiger partial charge in [0.25, 0.3) is 0 Å².